The largest absolute Gasteiger partial charge is 0.465 e. The molecule has 0 saturated heterocycles. The lowest BCUT2D eigenvalue weighted by molar-refractivity contribution is 0.0596. The Balaban J connectivity index is 2.22. The number of esters is 1. The number of nitrogen functional groups attached to an aromatic ring is 1. The van der Waals surface area contributed by atoms with Gasteiger partial charge in [0.1, 0.15) is 4.90 Å². The van der Waals surface area contributed by atoms with E-state index in [-0.39, 0.29) is 30.1 Å². The maximum absolute atomic E-state index is 12.4. The number of anilines is 2. The van der Waals surface area contributed by atoms with Crippen molar-refractivity contribution in [1.82, 2.24) is 19.7 Å². The number of hydrogen-bond donors (Lipinski definition) is 3. The average molecular weight is 396 g/mol. The van der Waals surface area contributed by atoms with Gasteiger partial charge in [-0.25, -0.2) is 22.7 Å². The summed E-state index contributed by atoms with van der Waals surface area (Å²) >= 11 is 0. The van der Waals surface area contributed by atoms with E-state index in [2.05, 4.69) is 25.0 Å². The minimum Gasteiger partial charge on any atom is -0.465 e. The van der Waals surface area contributed by atoms with Gasteiger partial charge in [-0.3, -0.25) is 5.32 Å². The molecule has 2 aromatic rings. The number of aromatic nitrogens is 3. The highest BCUT2D eigenvalue weighted by Gasteiger charge is 2.25. The molecule has 1 aromatic carbocycles. The highest BCUT2D eigenvalue weighted by Crippen LogP contribution is 2.16. The van der Waals surface area contributed by atoms with Crippen LogP contribution in [0.5, 0.6) is 6.01 Å². The molecule has 0 aliphatic carbocycles. The van der Waals surface area contributed by atoms with Crippen LogP contribution in [0.2, 0.25) is 0 Å². The van der Waals surface area contributed by atoms with Gasteiger partial charge in [0.25, 0.3) is 10.0 Å². The first-order valence-corrected chi connectivity index (χ1v) is 8.90. The Hall–Kier alpha value is -3.48. The minimum absolute atomic E-state index is 0.140. The van der Waals surface area contributed by atoms with Crippen LogP contribution >= 0.6 is 0 Å². The van der Waals surface area contributed by atoms with Crippen molar-refractivity contribution in [2.75, 3.05) is 24.8 Å². The van der Waals surface area contributed by atoms with E-state index in [1.807, 2.05) is 0 Å². The predicted molar refractivity (Wildman–Crippen MR) is 92.5 cm³/mol. The molecule has 4 N–H and O–H groups in total. The van der Waals surface area contributed by atoms with E-state index >= 15 is 0 Å². The number of nitrogens with one attached hydrogen (secondary N) is 2. The molecule has 2 rings (SSSR count). The number of nitrogens with two attached hydrogens (primary N) is 1. The molecule has 0 fully saturated rings. The summed E-state index contributed by atoms with van der Waals surface area (Å²) in [5.74, 6) is -1.43. The predicted octanol–water partition coefficient (Wildman–Crippen LogP) is 0.149. The van der Waals surface area contributed by atoms with E-state index in [0.29, 0.717) is 0 Å². The number of carbonyl (C=O) groups is 2. The van der Waals surface area contributed by atoms with Crippen molar-refractivity contribution < 1.29 is 27.5 Å². The number of rotatable bonds is 6. The summed E-state index contributed by atoms with van der Waals surface area (Å²) in [6.07, 6.45) is 0. The molecule has 0 radical (unpaired) electrons. The van der Waals surface area contributed by atoms with Crippen LogP contribution < -0.4 is 20.5 Å². The fourth-order valence-electron chi connectivity index (χ4n) is 1.91. The number of urea groups is 1. The van der Waals surface area contributed by atoms with Crippen LogP contribution in [0.4, 0.5) is 16.7 Å². The van der Waals surface area contributed by atoms with Gasteiger partial charge < -0.3 is 15.2 Å². The van der Waals surface area contributed by atoms with Gasteiger partial charge in [0.05, 0.1) is 19.3 Å². The molecule has 1 aromatic heterocycles. The average Bonchev–Trinajstić information content (AvgIpc) is 2.60. The highest BCUT2D eigenvalue weighted by molar-refractivity contribution is 7.90. The molecule has 27 heavy (non-hydrogen) atoms. The number of benzene rings is 1. The van der Waals surface area contributed by atoms with Crippen molar-refractivity contribution in [3.05, 3.63) is 29.8 Å². The first-order chi connectivity index (χ1) is 12.8. The second-order valence-corrected chi connectivity index (χ2v) is 6.43. The number of ether oxygens (including phenoxy) is 2. The molecule has 0 unspecified atom stereocenters. The lowest BCUT2D eigenvalue weighted by atomic mass is 10.2. The smallest absolute Gasteiger partial charge is 0.339 e. The summed E-state index contributed by atoms with van der Waals surface area (Å²) in [5, 5.41) is 2.10. The van der Waals surface area contributed by atoms with Crippen LogP contribution in [-0.2, 0) is 14.8 Å². The quantitative estimate of drug-likeness (QED) is 0.570. The minimum atomic E-state index is -4.39. The molecule has 0 aliphatic rings. The van der Waals surface area contributed by atoms with Crippen molar-refractivity contribution >= 4 is 33.9 Å². The van der Waals surface area contributed by atoms with E-state index in [1.54, 1.807) is 11.6 Å². The van der Waals surface area contributed by atoms with E-state index in [0.717, 1.165) is 13.2 Å². The Kier molecular flexibility index (Phi) is 6.07. The van der Waals surface area contributed by atoms with Gasteiger partial charge in [0.15, 0.2) is 0 Å². The molecule has 0 atom stereocenters. The van der Waals surface area contributed by atoms with Gasteiger partial charge in [-0.15, -0.1) is 0 Å². The first kappa shape index (κ1) is 19.8. The lowest BCUT2D eigenvalue weighted by Crippen LogP contribution is -2.35. The Morgan fingerprint density at radius 1 is 1.19 bits per heavy atom. The molecular formula is C14H16N6O6S. The van der Waals surface area contributed by atoms with Crippen LogP contribution in [-0.4, -0.2) is 49.1 Å². The molecule has 0 saturated carbocycles. The number of carbonyl (C=O) groups excluding carboxylic acids is 2. The second kappa shape index (κ2) is 8.27. The van der Waals surface area contributed by atoms with E-state index in [4.69, 9.17) is 10.5 Å². The molecule has 144 valence electrons. The summed E-state index contributed by atoms with van der Waals surface area (Å²) in [7, 11) is -3.29. The number of nitrogens with zero attached hydrogens (tertiary/aromatic N) is 3. The molecule has 0 bridgehead atoms. The highest BCUT2D eigenvalue weighted by atomic mass is 32.2. The molecule has 1 heterocycles. The summed E-state index contributed by atoms with van der Waals surface area (Å²) in [5.41, 5.74) is 5.24. The van der Waals surface area contributed by atoms with Crippen LogP contribution in [0, 0.1) is 0 Å². The fraction of sp³-hybridized carbons (Fsp3) is 0.214. The van der Waals surface area contributed by atoms with Gasteiger partial charge >= 0.3 is 18.0 Å². The van der Waals surface area contributed by atoms with Crippen molar-refractivity contribution in [3.63, 3.8) is 0 Å². The SMILES string of the molecule is CCOc1nc(N)nc(NC(=O)NS(=O)(=O)c2ccccc2C(=O)OC)n1. The molecule has 12 nitrogen and oxygen atoms in total. The van der Waals surface area contributed by atoms with Crippen LogP contribution in [0.3, 0.4) is 0 Å². The molecule has 0 aliphatic heterocycles. The Labute approximate surface area is 154 Å². The van der Waals surface area contributed by atoms with Gasteiger partial charge in [0.2, 0.25) is 11.9 Å². The second-order valence-electron chi connectivity index (χ2n) is 4.78. The zero-order valence-electron chi connectivity index (χ0n) is 14.3. The Morgan fingerprint density at radius 2 is 1.89 bits per heavy atom. The third kappa shape index (κ3) is 5.01. The number of hydrogen-bond acceptors (Lipinski definition) is 10. The van der Waals surface area contributed by atoms with Gasteiger partial charge in [-0.1, -0.05) is 12.1 Å². The van der Waals surface area contributed by atoms with Crippen LogP contribution in [0.25, 0.3) is 0 Å². The molecule has 2 amide bonds. The third-order valence-electron chi connectivity index (χ3n) is 2.94. The molecular weight excluding hydrogens is 380 g/mol. The Morgan fingerprint density at radius 3 is 2.56 bits per heavy atom. The molecule has 13 heteroatoms. The van der Waals surface area contributed by atoms with Crippen molar-refractivity contribution in [1.29, 1.82) is 0 Å². The van der Waals surface area contributed by atoms with E-state index in [1.165, 1.54) is 18.2 Å². The van der Waals surface area contributed by atoms with Crippen molar-refractivity contribution in [2.24, 2.45) is 0 Å². The summed E-state index contributed by atoms with van der Waals surface area (Å²) in [4.78, 5) is 34.4. The Bertz CT molecular complexity index is 964. The van der Waals surface area contributed by atoms with Crippen molar-refractivity contribution in [3.8, 4) is 6.01 Å². The topological polar surface area (TPSA) is 175 Å². The monoisotopic (exact) mass is 396 g/mol. The van der Waals surface area contributed by atoms with Gasteiger partial charge in [-0.2, -0.15) is 15.0 Å². The maximum Gasteiger partial charge on any atom is 0.339 e. The van der Waals surface area contributed by atoms with Crippen molar-refractivity contribution in [2.45, 2.75) is 11.8 Å². The first-order valence-electron chi connectivity index (χ1n) is 7.42. The number of sulfonamides is 1. The number of methoxy groups -OCH3 is 1. The standard InChI is InChI=1S/C14H16N6O6S/c1-3-26-14-17-11(15)16-12(19-14)18-13(22)20-27(23,24)9-7-5-4-6-8(9)10(21)25-2/h4-7H,3H2,1-2H3,(H4,15,16,17,18,19,20,22). The number of amides is 2. The van der Waals surface area contributed by atoms with Crippen LogP contribution in [0.1, 0.15) is 17.3 Å². The summed E-state index contributed by atoms with van der Waals surface area (Å²) in [6, 6.07) is 3.92. The van der Waals surface area contributed by atoms with Gasteiger partial charge in [0, 0.05) is 0 Å². The lowest BCUT2D eigenvalue weighted by Gasteiger charge is -2.11. The zero-order valence-corrected chi connectivity index (χ0v) is 15.1. The summed E-state index contributed by atoms with van der Waals surface area (Å²) in [6.45, 7) is 1.93. The third-order valence-corrected chi connectivity index (χ3v) is 4.33. The summed E-state index contributed by atoms with van der Waals surface area (Å²) < 4.78 is 36.2. The molecule has 0 spiro atoms. The fourth-order valence-corrected chi connectivity index (χ4v) is 3.01. The normalized spacial score (nSPS) is 10.7. The van der Waals surface area contributed by atoms with E-state index < -0.39 is 26.9 Å². The van der Waals surface area contributed by atoms with E-state index in [9.17, 15) is 18.0 Å². The maximum atomic E-state index is 12.4. The van der Waals surface area contributed by atoms with Crippen LogP contribution in [0.15, 0.2) is 29.2 Å². The zero-order chi connectivity index (χ0) is 20.0. The van der Waals surface area contributed by atoms with Gasteiger partial charge in [-0.05, 0) is 19.1 Å².